The van der Waals surface area contributed by atoms with Crippen LogP contribution in [0.1, 0.15) is 35.2 Å². The van der Waals surface area contributed by atoms with Crippen LogP contribution >= 0.6 is 0 Å². The third kappa shape index (κ3) is 4.75. The molecular weight excluding hydrogens is 302 g/mol. The van der Waals surface area contributed by atoms with Crippen LogP contribution in [0, 0.1) is 20.8 Å². The fourth-order valence-corrected chi connectivity index (χ4v) is 2.72. The van der Waals surface area contributed by atoms with E-state index in [1.54, 1.807) is 7.11 Å². The molecule has 2 aromatic rings. The molecule has 2 aromatic carbocycles. The van der Waals surface area contributed by atoms with Crippen molar-refractivity contribution in [3.8, 4) is 11.5 Å². The molecule has 0 radical (unpaired) electrons. The zero-order chi connectivity index (χ0) is 17.7. The van der Waals surface area contributed by atoms with Gasteiger partial charge in [0.1, 0.15) is 11.5 Å². The Labute approximate surface area is 143 Å². The third-order valence-electron chi connectivity index (χ3n) is 3.79. The van der Waals surface area contributed by atoms with Gasteiger partial charge >= 0.3 is 0 Å². The number of amides is 1. The molecule has 0 saturated carbocycles. The first-order valence-electron chi connectivity index (χ1n) is 8.04. The summed E-state index contributed by atoms with van der Waals surface area (Å²) in [7, 11) is 1.63. The van der Waals surface area contributed by atoms with Crippen LogP contribution in [0.4, 0.5) is 0 Å². The lowest BCUT2D eigenvalue weighted by Crippen LogP contribution is -2.31. The molecule has 128 valence electrons. The maximum Gasteiger partial charge on any atom is 0.258 e. The van der Waals surface area contributed by atoms with E-state index in [-0.39, 0.29) is 18.6 Å². The van der Waals surface area contributed by atoms with Gasteiger partial charge in [-0.1, -0.05) is 23.8 Å². The summed E-state index contributed by atoms with van der Waals surface area (Å²) in [5.74, 6) is 1.32. The number of benzene rings is 2. The Bertz CT molecular complexity index is 705. The van der Waals surface area contributed by atoms with E-state index < -0.39 is 0 Å². The zero-order valence-corrected chi connectivity index (χ0v) is 15.0. The van der Waals surface area contributed by atoms with Crippen LogP contribution in [0.2, 0.25) is 0 Å². The highest BCUT2D eigenvalue weighted by atomic mass is 16.5. The smallest absolute Gasteiger partial charge is 0.258 e. The Morgan fingerprint density at radius 2 is 1.71 bits per heavy atom. The van der Waals surface area contributed by atoms with Gasteiger partial charge in [-0.25, -0.2) is 0 Å². The molecule has 0 fully saturated rings. The van der Waals surface area contributed by atoms with Gasteiger partial charge in [-0.3, -0.25) is 4.79 Å². The van der Waals surface area contributed by atoms with E-state index in [9.17, 15) is 4.79 Å². The highest BCUT2D eigenvalue weighted by molar-refractivity contribution is 5.78. The molecule has 0 aliphatic rings. The van der Waals surface area contributed by atoms with Crippen molar-refractivity contribution >= 4 is 5.91 Å². The molecule has 1 N–H and O–H groups in total. The molecule has 0 spiro atoms. The maximum absolute atomic E-state index is 12.2. The molecule has 24 heavy (non-hydrogen) atoms. The minimum absolute atomic E-state index is 0.0125. The van der Waals surface area contributed by atoms with Crippen molar-refractivity contribution in [3.63, 3.8) is 0 Å². The Hall–Kier alpha value is -2.49. The Morgan fingerprint density at radius 3 is 2.33 bits per heavy atom. The fourth-order valence-electron chi connectivity index (χ4n) is 2.72. The lowest BCUT2D eigenvalue weighted by molar-refractivity contribution is -0.123. The van der Waals surface area contributed by atoms with E-state index in [1.807, 2.05) is 58.0 Å². The Morgan fingerprint density at radius 1 is 1.04 bits per heavy atom. The SMILES string of the molecule is COc1ccc(C)cc1[C@H](C)NC(=O)COc1cc(C)cc(C)c1. The van der Waals surface area contributed by atoms with E-state index in [1.165, 1.54) is 0 Å². The van der Waals surface area contributed by atoms with Gasteiger partial charge in [0.25, 0.3) is 5.91 Å². The van der Waals surface area contributed by atoms with E-state index in [0.29, 0.717) is 5.75 Å². The van der Waals surface area contributed by atoms with E-state index in [4.69, 9.17) is 9.47 Å². The van der Waals surface area contributed by atoms with Crippen LogP contribution in [0.5, 0.6) is 11.5 Å². The molecule has 0 aliphatic carbocycles. The van der Waals surface area contributed by atoms with Gasteiger partial charge in [0.2, 0.25) is 0 Å². The molecular formula is C20H25NO3. The number of carbonyl (C=O) groups is 1. The summed E-state index contributed by atoms with van der Waals surface area (Å²) >= 11 is 0. The lowest BCUT2D eigenvalue weighted by Gasteiger charge is -2.18. The molecule has 4 nitrogen and oxygen atoms in total. The highest BCUT2D eigenvalue weighted by Crippen LogP contribution is 2.26. The standard InChI is InChI=1S/C20H25NO3/c1-13-6-7-19(23-5)18(11-13)16(4)21-20(22)12-24-17-9-14(2)8-15(3)10-17/h6-11,16H,12H2,1-5H3,(H,21,22)/t16-/m0/s1. The molecule has 0 aliphatic heterocycles. The lowest BCUT2D eigenvalue weighted by atomic mass is 10.0. The molecule has 4 heteroatoms. The number of aryl methyl sites for hydroxylation is 3. The van der Waals surface area contributed by atoms with Gasteiger partial charge in [-0.05, 0) is 57.0 Å². The first kappa shape index (κ1) is 17.9. The van der Waals surface area contributed by atoms with Gasteiger partial charge in [0.15, 0.2) is 6.61 Å². The number of rotatable bonds is 6. The molecule has 0 bridgehead atoms. The maximum atomic E-state index is 12.2. The quantitative estimate of drug-likeness (QED) is 0.876. The van der Waals surface area contributed by atoms with E-state index in [0.717, 1.165) is 28.0 Å². The summed E-state index contributed by atoms with van der Waals surface area (Å²) in [6, 6.07) is 11.7. The van der Waals surface area contributed by atoms with Crippen molar-refractivity contribution in [2.75, 3.05) is 13.7 Å². The minimum Gasteiger partial charge on any atom is -0.496 e. The summed E-state index contributed by atoms with van der Waals surface area (Å²) in [6.07, 6.45) is 0. The van der Waals surface area contributed by atoms with Crippen molar-refractivity contribution in [3.05, 3.63) is 58.7 Å². The number of hydrogen-bond acceptors (Lipinski definition) is 3. The van der Waals surface area contributed by atoms with Crippen molar-refractivity contribution in [1.29, 1.82) is 0 Å². The topological polar surface area (TPSA) is 47.6 Å². The molecule has 0 unspecified atom stereocenters. The summed E-state index contributed by atoms with van der Waals surface area (Å²) in [6.45, 7) is 7.95. The van der Waals surface area contributed by atoms with Gasteiger partial charge in [-0.2, -0.15) is 0 Å². The second kappa shape index (κ2) is 7.86. The predicted molar refractivity (Wildman–Crippen MR) is 95.7 cm³/mol. The van der Waals surface area contributed by atoms with Gasteiger partial charge in [0, 0.05) is 5.56 Å². The predicted octanol–water partition coefficient (Wildman–Crippen LogP) is 3.88. The van der Waals surface area contributed by atoms with E-state index >= 15 is 0 Å². The molecule has 2 rings (SSSR count). The van der Waals surface area contributed by atoms with Crippen molar-refractivity contribution < 1.29 is 14.3 Å². The fraction of sp³-hybridized carbons (Fsp3) is 0.350. The first-order valence-corrected chi connectivity index (χ1v) is 8.04. The van der Waals surface area contributed by atoms with Gasteiger partial charge in [0.05, 0.1) is 13.2 Å². The zero-order valence-electron chi connectivity index (χ0n) is 15.0. The molecule has 0 saturated heterocycles. The average Bonchev–Trinajstić information content (AvgIpc) is 2.52. The molecule has 1 atom stereocenters. The largest absolute Gasteiger partial charge is 0.496 e. The summed E-state index contributed by atoms with van der Waals surface area (Å²) in [5.41, 5.74) is 4.31. The first-order chi connectivity index (χ1) is 11.4. The second-order valence-electron chi connectivity index (χ2n) is 6.15. The summed E-state index contributed by atoms with van der Waals surface area (Å²) in [5, 5.41) is 2.95. The van der Waals surface area contributed by atoms with Crippen LogP contribution in [0.25, 0.3) is 0 Å². The average molecular weight is 327 g/mol. The number of methoxy groups -OCH3 is 1. The summed E-state index contributed by atoms with van der Waals surface area (Å²) < 4.78 is 11.0. The molecule has 0 heterocycles. The molecule has 1 amide bonds. The number of nitrogens with one attached hydrogen (secondary N) is 1. The third-order valence-corrected chi connectivity index (χ3v) is 3.79. The van der Waals surface area contributed by atoms with E-state index in [2.05, 4.69) is 11.4 Å². The summed E-state index contributed by atoms with van der Waals surface area (Å²) in [4.78, 5) is 12.2. The Balaban J connectivity index is 1.98. The monoisotopic (exact) mass is 327 g/mol. The van der Waals surface area contributed by atoms with Crippen molar-refractivity contribution in [2.24, 2.45) is 0 Å². The van der Waals surface area contributed by atoms with Gasteiger partial charge < -0.3 is 14.8 Å². The second-order valence-corrected chi connectivity index (χ2v) is 6.15. The number of ether oxygens (including phenoxy) is 2. The van der Waals surface area contributed by atoms with Crippen molar-refractivity contribution in [1.82, 2.24) is 5.32 Å². The van der Waals surface area contributed by atoms with Gasteiger partial charge in [-0.15, -0.1) is 0 Å². The van der Waals surface area contributed by atoms with Crippen LogP contribution in [0.15, 0.2) is 36.4 Å². The van der Waals surface area contributed by atoms with Crippen molar-refractivity contribution in [2.45, 2.75) is 33.7 Å². The number of carbonyl (C=O) groups excluding carboxylic acids is 1. The van der Waals surface area contributed by atoms with Crippen LogP contribution in [0.3, 0.4) is 0 Å². The normalized spacial score (nSPS) is 11.7. The van der Waals surface area contributed by atoms with Crippen LogP contribution in [-0.4, -0.2) is 19.6 Å². The van der Waals surface area contributed by atoms with Crippen LogP contribution < -0.4 is 14.8 Å². The van der Waals surface area contributed by atoms with Crippen LogP contribution in [-0.2, 0) is 4.79 Å². The minimum atomic E-state index is -0.162. The molecule has 0 aromatic heterocycles. The highest BCUT2D eigenvalue weighted by Gasteiger charge is 2.14. The Kier molecular flexibility index (Phi) is 5.85. The number of hydrogen-bond donors (Lipinski definition) is 1.